The van der Waals surface area contributed by atoms with E-state index in [0.717, 1.165) is 11.3 Å². The van der Waals surface area contributed by atoms with Crippen molar-refractivity contribution in [3.63, 3.8) is 0 Å². The van der Waals surface area contributed by atoms with Crippen LogP contribution in [0.5, 0.6) is 5.75 Å². The van der Waals surface area contributed by atoms with Crippen LogP contribution < -0.4 is 10.1 Å². The Morgan fingerprint density at radius 1 is 1.21 bits per heavy atom. The van der Waals surface area contributed by atoms with Gasteiger partial charge < -0.3 is 15.0 Å². The van der Waals surface area contributed by atoms with Gasteiger partial charge in [0.05, 0.1) is 24.5 Å². The molecule has 0 radical (unpaired) electrons. The highest BCUT2D eigenvalue weighted by molar-refractivity contribution is 6.30. The van der Waals surface area contributed by atoms with Crippen LogP contribution in [0.1, 0.15) is 27.8 Å². The van der Waals surface area contributed by atoms with E-state index in [9.17, 15) is 4.79 Å². The maximum atomic E-state index is 12.8. The Labute approximate surface area is 175 Å². The highest BCUT2D eigenvalue weighted by Gasteiger charge is 2.20. The number of aromatic nitrogens is 3. The number of aryl methyl sites for hydroxylation is 1. The molecule has 0 fully saturated rings. The van der Waals surface area contributed by atoms with Gasteiger partial charge in [0.1, 0.15) is 5.75 Å². The molecule has 1 aromatic heterocycles. The number of halogens is 1. The fraction of sp³-hybridized carbons (Fsp3) is 0.286. The van der Waals surface area contributed by atoms with Crippen molar-refractivity contribution in [1.82, 2.24) is 25.2 Å². The Kier molecular flexibility index (Phi) is 6.51. The van der Waals surface area contributed by atoms with Gasteiger partial charge in [-0.3, -0.25) is 4.79 Å². The number of amides is 1. The second-order valence-corrected chi connectivity index (χ2v) is 7.31. The summed E-state index contributed by atoms with van der Waals surface area (Å²) < 4.78 is 5.31. The van der Waals surface area contributed by atoms with E-state index in [1.807, 2.05) is 55.4 Å². The zero-order chi connectivity index (χ0) is 21.0. The number of carbonyl (C=O) groups is 1. The van der Waals surface area contributed by atoms with E-state index in [1.54, 1.807) is 26.2 Å². The lowest BCUT2D eigenvalue weighted by Gasteiger charge is -2.25. The van der Waals surface area contributed by atoms with Crippen LogP contribution in [0.25, 0.3) is 5.69 Å². The highest BCUT2D eigenvalue weighted by Crippen LogP contribution is 2.22. The number of hydrogen-bond acceptors (Lipinski definition) is 5. The first-order chi connectivity index (χ1) is 13.9. The van der Waals surface area contributed by atoms with Crippen molar-refractivity contribution in [3.05, 3.63) is 70.5 Å². The van der Waals surface area contributed by atoms with Crippen LogP contribution in [0.4, 0.5) is 0 Å². The van der Waals surface area contributed by atoms with Gasteiger partial charge in [0, 0.05) is 11.6 Å². The van der Waals surface area contributed by atoms with Crippen molar-refractivity contribution >= 4 is 17.5 Å². The highest BCUT2D eigenvalue weighted by atomic mass is 35.5. The van der Waals surface area contributed by atoms with Crippen LogP contribution in [-0.4, -0.2) is 53.6 Å². The van der Waals surface area contributed by atoms with Gasteiger partial charge in [-0.15, -0.1) is 5.10 Å². The number of ether oxygens (including phenoxy) is 1. The maximum absolute atomic E-state index is 12.8. The van der Waals surface area contributed by atoms with Crippen molar-refractivity contribution in [3.8, 4) is 11.4 Å². The van der Waals surface area contributed by atoms with Gasteiger partial charge >= 0.3 is 0 Å². The molecule has 0 aliphatic carbocycles. The van der Waals surface area contributed by atoms with Gasteiger partial charge in [-0.25, -0.2) is 0 Å². The topological polar surface area (TPSA) is 72.3 Å². The van der Waals surface area contributed by atoms with E-state index in [0.29, 0.717) is 22.9 Å². The van der Waals surface area contributed by atoms with Gasteiger partial charge in [-0.2, -0.15) is 9.90 Å². The van der Waals surface area contributed by atoms with Crippen molar-refractivity contribution in [2.45, 2.75) is 13.0 Å². The Hall–Kier alpha value is -2.90. The zero-order valence-corrected chi connectivity index (χ0v) is 17.6. The number of hydrogen-bond donors (Lipinski definition) is 1. The molecule has 0 aliphatic heterocycles. The lowest BCUT2D eigenvalue weighted by atomic mass is 10.1. The van der Waals surface area contributed by atoms with Gasteiger partial charge in [-0.1, -0.05) is 29.8 Å². The third-order valence-electron chi connectivity index (χ3n) is 4.59. The molecular weight excluding hydrogens is 390 g/mol. The average molecular weight is 414 g/mol. The molecule has 1 heterocycles. The van der Waals surface area contributed by atoms with Crippen LogP contribution in [-0.2, 0) is 0 Å². The second kappa shape index (κ2) is 9.07. The minimum absolute atomic E-state index is 0.0164. The molecule has 1 amide bonds. The van der Waals surface area contributed by atoms with Crippen molar-refractivity contribution < 1.29 is 9.53 Å². The lowest BCUT2D eigenvalue weighted by molar-refractivity contribution is 0.0936. The maximum Gasteiger partial charge on any atom is 0.273 e. The molecule has 152 valence electrons. The third kappa shape index (κ3) is 4.93. The second-order valence-electron chi connectivity index (χ2n) is 6.87. The Morgan fingerprint density at radius 2 is 1.97 bits per heavy atom. The fourth-order valence-corrected chi connectivity index (χ4v) is 3.21. The van der Waals surface area contributed by atoms with E-state index in [-0.39, 0.29) is 17.6 Å². The summed E-state index contributed by atoms with van der Waals surface area (Å²) in [6.07, 6.45) is 0. The molecule has 0 saturated heterocycles. The summed E-state index contributed by atoms with van der Waals surface area (Å²) in [5.74, 6) is 0.506. The molecular formula is C21H24ClN5O2. The predicted octanol–water partition coefficient (Wildman–Crippen LogP) is 3.27. The van der Waals surface area contributed by atoms with E-state index in [1.165, 1.54) is 4.80 Å². The number of nitrogens with one attached hydrogen (secondary N) is 1. The largest absolute Gasteiger partial charge is 0.497 e. The number of likely N-dealkylation sites (N-methyl/N-ethyl adjacent to an activating group) is 1. The molecule has 1 atom stereocenters. The molecule has 1 unspecified atom stereocenters. The van der Waals surface area contributed by atoms with E-state index in [2.05, 4.69) is 15.5 Å². The first-order valence-corrected chi connectivity index (χ1v) is 9.55. The molecule has 2 aromatic carbocycles. The third-order valence-corrected chi connectivity index (χ3v) is 4.83. The standard InChI is InChI=1S/C21H24ClN5O2/c1-14-20(25-27(24-14)17-9-6-8-16(22)12-17)21(28)23-13-19(26(2)3)15-7-5-10-18(11-15)29-4/h5-12,19H,13H2,1-4H3,(H,23,28). The van der Waals surface area contributed by atoms with Crippen LogP contribution in [0.3, 0.4) is 0 Å². The number of nitrogens with zero attached hydrogens (tertiary/aromatic N) is 4. The molecule has 1 N–H and O–H groups in total. The number of rotatable bonds is 7. The molecule has 3 rings (SSSR count). The van der Waals surface area contributed by atoms with Crippen molar-refractivity contribution in [2.24, 2.45) is 0 Å². The van der Waals surface area contributed by atoms with Crippen LogP contribution in [0.2, 0.25) is 5.02 Å². The van der Waals surface area contributed by atoms with Gasteiger partial charge in [0.2, 0.25) is 0 Å². The van der Waals surface area contributed by atoms with Crippen molar-refractivity contribution in [1.29, 1.82) is 0 Å². The van der Waals surface area contributed by atoms with Gasteiger partial charge in [-0.05, 0) is 56.9 Å². The van der Waals surface area contributed by atoms with E-state index < -0.39 is 0 Å². The monoisotopic (exact) mass is 413 g/mol. The zero-order valence-electron chi connectivity index (χ0n) is 16.9. The molecule has 29 heavy (non-hydrogen) atoms. The molecule has 0 bridgehead atoms. The summed E-state index contributed by atoms with van der Waals surface area (Å²) in [6.45, 7) is 2.18. The smallest absolute Gasteiger partial charge is 0.273 e. The van der Waals surface area contributed by atoms with Crippen molar-refractivity contribution in [2.75, 3.05) is 27.7 Å². The molecule has 0 saturated carbocycles. The van der Waals surface area contributed by atoms with Crippen LogP contribution >= 0.6 is 11.6 Å². The quantitative estimate of drug-likeness (QED) is 0.643. The normalized spacial score (nSPS) is 12.1. The number of carbonyl (C=O) groups excluding carboxylic acids is 1. The van der Waals surface area contributed by atoms with E-state index in [4.69, 9.17) is 16.3 Å². The van der Waals surface area contributed by atoms with E-state index >= 15 is 0 Å². The summed E-state index contributed by atoms with van der Waals surface area (Å²) in [7, 11) is 5.57. The first kappa shape index (κ1) is 20.8. The summed E-state index contributed by atoms with van der Waals surface area (Å²) in [5, 5.41) is 12.2. The molecule has 0 aliphatic rings. The Bertz CT molecular complexity index is 1000. The fourth-order valence-electron chi connectivity index (χ4n) is 3.03. The summed E-state index contributed by atoms with van der Waals surface area (Å²) in [4.78, 5) is 16.2. The Balaban J connectivity index is 1.75. The Morgan fingerprint density at radius 3 is 2.66 bits per heavy atom. The number of methoxy groups -OCH3 is 1. The molecule has 0 spiro atoms. The predicted molar refractivity (Wildman–Crippen MR) is 113 cm³/mol. The van der Waals surface area contributed by atoms with Gasteiger partial charge in [0.25, 0.3) is 5.91 Å². The van der Waals surface area contributed by atoms with Crippen LogP contribution in [0.15, 0.2) is 48.5 Å². The first-order valence-electron chi connectivity index (χ1n) is 9.17. The summed E-state index contributed by atoms with van der Waals surface area (Å²) >= 11 is 6.04. The minimum atomic E-state index is -0.273. The average Bonchev–Trinajstić information content (AvgIpc) is 3.10. The SMILES string of the molecule is COc1cccc(C(CNC(=O)c2nn(-c3cccc(Cl)c3)nc2C)N(C)C)c1. The number of benzene rings is 2. The lowest BCUT2D eigenvalue weighted by Crippen LogP contribution is -2.35. The van der Waals surface area contributed by atoms with Crippen LogP contribution in [0, 0.1) is 6.92 Å². The summed E-state index contributed by atoms with van der Waals surface area (Å²) in [6, 6.07) is 15.0. The molecule has 7 nitrogen and oxygen atoms in total. The minimum Gasteiger partial charge on any atom is -0.497 e. The summed E-state index contributed by atoms with van der Waals surface area (Å²) in [5.41, 5.74) is 2.58. The molecule has 8 heteroatoms. The van der Waals surface area contributed by atoms with Gasteiger partial charge in [0.15, 0.2) is 5.69 Å². The molecule has 3 aromatic rings.